The molecule has 1 aromatic carbocycles. The highest BCUT2D eigenvalue weighted by molar-refractivity contribution is 14.0. The molecule has 1 aromatic rings. The zero-order chi connectivity index (χ0) is 19.8. The Balaban J connectivity index is 0.00000300. The first kappa shape index (κ1) is 23.9. The fraction of sp³-hybridized carbons (Fsp3) is 0.619. The summed E-state index contributed by atoms with van der Waals surface area (Å²) in [5.74, 6) is 0.643. The monoisotopic (exact) mass is 516 g/mol. The molecule has 2 aliphatic heterocycles. The van der Waals surface area contributed by atoms with E-state index in [1.165, 1.54) is 5.56 Å². The van der Waals surface area contributed by atoms with Crippen LogP contribution in [0.4, 0.5) is 5.69 Å². The van der Waals surface area contributed by atoms with Gasteiger partial charge in [-0.3, -0.25) is 4.79 Å². The van der Waals surface area contributed by atoms with E-state index in [0.29, 0.717) is 25.5 Å². The van der Waals surface area contributed by atoms with Crippen LogP contribution in [-0.2, 0) is 16.0 Å². The van der Waals surface area contributed by atoms with Crippen molar-refractivity contribution in [2.75, 3.05) is 50.9 Å². The highest BCUT2D eigenvalue weighted by Crippen LogP contribution is 2.31. The summed E-state index contributed by atoms with van der Waals surface area (Å²) in [5.41, 5.74) is 2.17. The molecule has 1 fully saturated rings. The Morgan fingerprint density at radius 2 is 2.17 bits per heavy atom. The number of amides is 1. The van der Waals surface area contributed by atoms with Crippen molar-refractivity contribution >= 4 is 41.5 Å². The molecule has 162 valence electrons. The zero-order valence-electron chi connectivity index (χ0n) is 17.2. The third-order valence-electron chi connectivity index (χ3n) is 5.59. The number of halogens is 1. The standard InChI is InChI=1S/C21H32N4O3.HI/c1-2-22-20(24-15-21(9-12-26)10-13-28-16-21)23-14-19(27)25-11-5-7-17-6-3-4-8-18(17)25;/h3-4,6,8,26H,2,5,7,9-16H2,1H3,(H2,22,23,24);1H. The van der Waals surface area contributed by atoms with Crippen LogP contribution in [0.2, 0.25) is 0 Å². The Morgan fingerprint density at radius 1 is 1.34 bits per heavy atom. The van der Waals surface area contributed by atoms with Crippen molar-refractivity contribution < 1.29 is 14.6 Å². The van der Waals surface area contributed by atoms with E-state index >= 15 is 0 Å². The highest BCUT2D eigenvalue weighted by Gasteiger charge is 2.34. The largest absolute Gasteiger partial charge is 0.396 e. The van der Waals surface area contributed by atoms with E-state index in [4.69, 9.17) is 4.74 Å². The number of anilines is 1. The number of aryl methyl sites for hydroxylation is 1. The minimum Gasteiger partial charge on any atom is -0.396 e. The van der Waals surface area contributed by atoms with E-state index in [2.05, 4.69) is 21.7 Å². The van der Waals surface area contributed by atoms with Crippen molar-refractivity contribution in [3.05, 3.63) is 29.8 Å². The van der Waals surface area contributed by atoms with Gasteiger partial charge in [-0.2, -0.15) is 0 Å². The summed E-state index contributed by atoms with van der Waals surface area (Å²) < 4.78 is 5.54. The van der Waals surface area contributed by atoms with E-state index in [0.717, 1.165) is 44.6 Å². The van der Waals surface area contributed by atoms with Crippen molar-refractivity contribution in [3.63, 3.8) is 0 Å². The van der Waals surface area contributed by atoms with Gasteiger partial charge in [-0.05, 0) is 44.2 Å². The molecular formula is C21H33IN4O3. The summed E-state index contributed by atoms with van der Waals surface area (Å²) in [6, 6.07) is 8.10. The van der Waals surface area contributed by atoms with Crippen LogP contribution in [0.1, 0.15) is 31.7 Å². The fourth-order valence-corrected chi connectivity index (χ4v) is 3.95. The molecular weight excluding hydrogens is 483 g/mol. The molecule has 0 bridgehead atoms. The van der Waals surface area contributed by atoms with E-state index in [1.807, 2.05) is 30.0 Å². The predicted molar refractivity (Wildman–Crippen MR) is 126 cm³/mol. The molecule has 0 aliphatic carbocycles. The van der Waals surface area contributed by atoms with Crippen LogP contribution in [0.5, 0.6) is 0 Å². The molecule has 0 spiro atoms. The molecule has 8 heteroatoms. The molecule has 1 unspecified atom stereocenters. The molecule has 7 nitrogen and oxygen atoms in total. The number of hydrogen-bond acceptors (Lipinski definition) is 4. The second-order valence-electron chi connectivity index (χ2n) is 7.60. The first-order valence-corrected chi connectivity index (χ1v) is 10.3. The maximum absolute atomic E-state index is 12.8. The molecule has 1 atom stereocenters. The summed E-state index contributed by atoms with van der Waals surface area (Å²) in [4.78, 5) is 19.2. The number of rotatable bonds is 7. The van der Waals surface area contributed by atoms with Crippen LogP contribution in [0.3, 0.4) is 0 Å². The van der Waals surface area contributed by atoms with Crippen LogP contribution in [0, 0.1) is 5.41 Å². The van der Waals surface area contributed by atoms with Crippen LogP contribution in [-0.4, -0.2) is 63.0 Å². The molecule has 0 aromatic heterocycles. The van der Waals surface area contributed by atoms with Gasteiger partial charge in [0.05, 0.1) is 6.61 Å². The lowest BCUT2D eigenvalue weighted by Crippen LogP contribution is -2.45. The number of aliphatic hydroxyl groups is 1. The Morgan fingerprint density at radius 3 is 2.90 bits per heavy atom. The van der Waals surface area contributed by atoms with Crippen molar-refractivity contribution in [3.8, 4) is 0 Å². The molecule has 29 heavy (non-hydrogen) atoms. The first-order valence-electron chi connectivity index (χ1n) is 10.3. The number of nitrogens with zero attached hydrogens (tertiary/aromatic N) is 2. The van der Waals surface area contributed by atoms with Gasteiger partial charge in [0.25, 0.3) is 0 Å². The Kier molecular flexibility index (Phi) is 9.64. The number of ether oxygens (including phenoxy) is 1. The van der Waals surface area contributed by atoms with Gasteiger partial charge in [0.15, 0.2) is 5.96 Å². The Labute approximate surface area is 190 Å². The van der Waals surface area contributed by atoms with Gasteiger partial charge in [-0.25, -0.2) is 4.99 Å². The normalized spacial score (nSPS) is 21.3. The minimum absolute atomic E-state index is 0. The highest BCUT2D eigenvalue weighted by atomic mass is 127. The second-order valence-corrected chi connectivity index (χ2v) is 7.60. The number of aliphatic imine (C=N–C) groups is 1. The topological polar surface area (TPSA) is 86.2 Å². The Hall–Kier alpha value is -1.39. The number of guanidine groups is 1. The third-order valence-corrected chi connectivity index (χ3v) is 5.59. The SMILES string of the molecule is CCNC(=NCC(=O)N1CCCc2ccccc21)NCC1(CCO)CCOC1.I. The predicted octanol–water partition coefficient (Wildman–Crippen LogP) is 1.93. The van der Waals surface area contributed by atoms with E-state index in [-0.39, 0.29) is 48.5 Å². The van der Waals surface area contributed by atoms with Gasteiger partial charge in [-0.15, -0.1) is 24.0 Å². The smallest absolute Gasteiger partial charge is 0.248 e. The first-order chi connectivity index (χ1) is 13.7. The van der Waals surface area contributed by atoms with E-state index < -0.39 is 0 Å². The van der Waals surface area contributed by atoms with Crippen LogP contribution < -0.4 is 15.5 Å². The number of hydrogen-bond donors (Lipinski definition) is 3. The van der Waals surface area contributed by atoms with Crippen molar-refractivity contribution in [1.29, 1.82) is 0 Å². The summed E-state index contributed by atoms with van der Waals surface area (Å²) in [7, 11) is 0. The number of fused-ring (bicyclic) bond motifs is 1. The second kappa shape index (κ2) is 11.7. The summed E-state index contributed by atoms with van der Waals surface area (Å²) in [6.45, 7) is 5.75. The summed E-state index contributed by atoms with van der Waals surface area (Å²) in [6.07, 6.45) is 3.61. The minimum atomic E-state index is -0.0687. The van der Waals surface area contributed by atoms with Gasteiger partial charge in [0.1, 0.15) is 6.54 Å². The molecule has 3 N–H and O–H groups in total. The lowest BCUT2D eigenvalue weighted by molar-refractivity contribution is -0.117. The maximum Gasteiger partial charge on any atom is 0.248 e. The van der Waals surface area contributed by atoms with Crippen LogP contribution in [0.15, 0.2) is 29.3 Å². The number of carbonyl (C=O) groups excluding carboxylic acids is 1. The zero-order valence-corrected chi connectivity index (χ0v) is 19.5. The van der Waals surface area contributed by atoms with E-state index in [9.17, 15) is 9.90 Å². The number of aliphatic hydroxyl groups excluding tert-OH is 1. The van der Waals surface area contributed by atoms with Gasteiger partial charge in [-0.1, -0.05) is 18.2 Å². The van der Waals surface area contributed by atoms with Gasteiger partial charge >= 0.3 is 0 Å². The van der Waals surface area contributed by atoms with E-state index in [1.54, 1.807) is 0 Å². The third kappa shape index (κ3) is 6.29. The summed E-state index contributed by atoms with van der Waals surface area (Å²) >= 11 is 0. The number of carbonyl (C=O) groups is 1. The Bertz CT molecular complexity index is 692. The van der Waals surface area contributed by atoms with Gasteiger partial charge in [0.2, 0.25) is 5.91 Å². The quantitative estimate of drug-likeness (QED) is 0.293. The van der Waals surface area contributed by atoms with Crippen molar-refractivity contribution in [2.45, 2.75) is 32.6 Å². The molecule has 2 aliphatic rings. The molecule has 0 radical (unpaired) electrons. The maximum atomic E-state index is 12.8. The van der Waals surface area contributed by atoms with Gasteiger partial charge < -0.3 is 25.4 Å². The average molecular weight is 516 g/mol. The molecule has 3 rings (SSSR count). The van der Waals surface area contributed by atoms with Crippen molar-refractivity contribution in [1.82, 2.24) is 10.6 Å². The number of benzene rings is 1. The molecule has 0 saturated carbocycles. The van der Waals surface area contributed by atoms with Crippen molar-refractivity contribution in [2.24, 2.45) is 10.4 Å². The van der Waals surface area contributed by atoms with Crippen LogP contribution in [0.25, 0.3) is 0 Å². The molecule has 1 amide bonds. The lowest BCUT2D eigenvalue weighted by Gasteiger charge is -2.29. The van der Waals surface area contributed by atoms with Gasteiger partial charge in [0, 0.05) is 44.0 Å². The fourth-order valence-electron chi connectivity index (χ4n) is 3.95. The molecule has 2 heterocycles. The number of para-hydroxylation sites is 1. The van der Waals surface area contributed by atoms with Crippen LogP contribution >= 0.6 is 24.0 Å². The molecule has 1 saturated heterocycles. The summed E-state index contributed by atoms with van der Waals surface area (Å²) in [5, 5.41) is 15.9. The number of nitrogens with one attached hydrogen (secondary N) is 2. The lowest BCUT2D eigenvalue weighted by atomic mass is 9.84. The average Bonchev–Trinajstić information content (AvgIpc) is 3.18.